The average Bonchev–Trinajstić information content (AvgIpc) is 3.16. The van der Waals surface area contributed by atoms with Crippen molar-refractivity contribution < 1.29 is 4.79 Å². The molecule has 1 saturated heterocycles. The number of nitrogens with zero attached hydrogens (tertiary/aromatic N) is 5. The van der Waals surface area contributed by atoms with Gasteiger partial charge in [0.25, 0.3) is 0 Å². The number of piperazine rings is 1. The van der Waals surface area contributed by atoms with Crippen LogP contribution >= 0.6 is 0 Å². The average molecular weight is 249 g/mol. The second-order valence-electron chi connectivity index (χ2n) is 5.18. The van der Waals surface area contributed by atoms with E-state index in [-0.39, 0.29) is 0 Å². The second kappa shape index (κ2) is 4.68. The van der Waals surface area contributed by atoms with Crippen molar-refractivity contribution in [3.05, 3.63) is 12.2 Å². The normalized spacial score (nSPS) is 21.3. The summed E-state index contributed by atoms with van der Waals surface area (Å²) in [4.78, 5) is 20.5. The summed E-state index contributed by atoms with van der Waals surface area (Å²) in [6.07, 6.45) is 3.78. The van der Waals surface area contributed by atoms with Crippen LogP contribution in [0.4, 0.5) is 0 Å². The molecule has 1 saturated carbocycles. The zero-order valence-electron chi connectivity index (χ0n) is 10.7. The Morgan fingerprint density at radius 3 is 2.61 bits per heavy atom. The van der Waals surface area contributed by atoms with E-state index in [9.17, 15) is 4.79 Å². The van der Waals surface area contributed by atoms with Crippen LogP contribution in [0, 0.1) is 5.92 Å². The monoisotopic (exact) mass is 249 g/mol. The fourth-order valence-electron chi connectivity index (χ4n) is 2.38. The third-order valence-corrected chi connectivity index (χ3v) is 3.78. The van der Waals surface area contributed by atoms with E-state index in [0.29, 0.717) is 11.8 Å². The fraction of sp³-hybridized carbons (Fsp3) is 0.750. The molecule has 2 heterocycles. The Kier molecular flexibility index (Phi) is 3.03. The van der Waals surface area contributed by atoms with Gasteiger partial charge >= 0.3 is 0 Å². The van der Waals surface area contributed by atoms with Crippen molar-refractivity contribution in [2.45, 2.75) is 19.4 Å². The van der Waals surface area contributed by atoms with Gasteiger partial charge < -0.3 is 4.90 Å². The van der Waals surface area contributed by atoms with Crippen molar-refractivity contribution in [2.75, 3.05) is 26.2 Å². The first-order valence-corrected chi connectivity index (χ1v) is 6.58. The van der Waals surface area contributed by atoms with Gasteiger partial charge in [-0.1, -0.05) is 0 Å². The van der Waals surface area contributed by atoms with E-state index in [2.05, 4.69) is 15.0 Å². The summed E-state index contributed by atoms with van der Waals surface area (Å²) in [5, 5.41) is 4.07. The third kappa shape index (κ3) is 2.38. The molecule has 1 aliphatic heterocycles. The van der Waals surface area contributed by atoms with Crippen LogP contribution in [0.15, 0.2) is 6.33 Å². The molecule has 1 aliphatic carbocycles. The summed E-state index contributed by atoms with van der Waals surface area (Å²) in [5.74, 6) is 1.69. The van der Waals surface area contributed by atoms with Gasteiger partial charge in [-0.2, -0.15) is 5.10 Å². The molecule has 3 rings (SSSR count). The molecule has 6 nitrogen and oxygen atoms in total. The highest BCUT2D eigenvalue weighted by Gasteiger charge is 2.34. The highest BCUT2D eigenvalue weighted by Crippen LogP contribution is 2.31. The summed E-state index contributed by atoms with van der Waals surface area (Å²) in [7, 11) is 1.91. The fourth-order valence-corrected chi connectivity index (χ4v) is 2.38. The topological polar surface area (TPSA) is 54.3 Å². The molecular formula is C12H19N5O. The van der Waals surface area contributed by atoms with Crippen LogP contribution in [0.25, 0.3) is 0 Å². The van der Waals surface area contributed by atoms with Crippen LogP contribution in [-0.2, 0) is 18.4 Å². The highest BCUT2D eigenvalue weighted by molar-refractivity contribution is 5.81. The Bertz CT molecular complexity index is 431. The number of aryl methyl sites for hydroxylation is 1. The van der Waals surface area contributed by atoms with Gasteiger partial charge in [-0.05, 0) is 12.8 Å². The van der Waals surface area contributed by atoms with Gasteiger partial charge in [0, 0.05) is 39.1 Å². The van der Waals surface area contributed by atoms with Crippen LogP contribution in [0.5, 0.6) is 0 Å². The molecule has 2 aliphatic rings. The van der Waals surface area contributed by atoms with Crippen LogP contribution in [0.1, 0.15) is 18.7 Å². The summed E-state index contributed by atoms with van der Waals surface area (Å²) < 4.78 is 1.81. The quantitative estimate of drug-likeness (QED) is 0.749. The van der Waals surface area contributed by atoms with E-state index in [1.807, 2.05) is 16.6 Å². The second-order valence-corrected chi connectivity index (χ2v) is 5.18. The largest absolute Gasteiger partial charge is 0.340 e. The molecule has 6 heteroatoms. The van der Waals surface area contributed by atoms with Crippen LogP contribution in [0.3, 0.4) is 0 Å². The van der Waals surface area contributed by atoms with Gasteiger partial charge in [0.05, 0.1) is 6.54 Å². The maximum Gasteiger partial charge on any atom is 0.225 e. The van der Waals surface area contributed by atoms with E-state index in [4.69, 9.17) is 0 Å². The van der Waals surface area contributed by atoms with E-state index < -0.39 is 0 Å². The molecule has 1 amide bonds. The van der Waals surface area contributed by atoms with Crippen LogP contribution in [-0.4, -0.2) is 56.7 Å². The molecule has 98 valence electrons. The van der Waals surface area contributed by atoms with E-state index >= 15 is 0 Å². The lowest BCUT2D eigenvalue weighted by Gasteiger charge is -2.34. The first-order chi connectivity index (χ1) is 8.74. The maximum atomic E-state index is 11.9. The Hall–Kier alpha value is -1.43. The van der Waals surface area contributed by atoms with Gasteiger partial charge in [-0.25, -0.2) is 4.98 Å². The van der Waals surface area contributed by atoms with E-state index in [1.54, 1.807) is 6.33 Å². The first-order valence-electron chi connectivity index (χ1n) is 6.58. The molecule has 1 aromatic heterocycles. The SMILES string of the molecule is Cn1ncnc1CN1CCN(C(=O)C2CC2)CC1. The minimum Gasteiger partial charge on any atom is -0.340 e. The summed E-state index contributed by atoms with van der Waals surface area (Å²) in [6.45, 7) is 4.40. The lowest BCUT2D eigenvalue weighted by molar-refractivity contribution is -0.134. The summed E-state index contributed by atoms with van der Waals surface area (Å²) in [5.41, 5.74) is 0. The van der Waals surface area contributed by atoms with Gasteiger partial charge in [-0.3, -0.25) is 14.4 Å². The Labute approximate surface area is 107 Å². The number of amides is 1. The highest BCUT2D eigenvalue weighted by atomic mass is 16.2. The minimum atomic E-state index is 0.343. The molecule has 2 fully saturated rings. The number of aromatic nitrogens is 3. The number of carbonyl (C=O) groups is 1. The number of carbonyl (C=O) groups excluding carboxylic acids is 1. The molecule has 0 radical (unpaired) electrons. The molecule has 0 aromatic carbocycles. The molecule has 0 bridgehead atoms. The van der Waals surface area contributed by atoms with E-state index in [0.717, 1.165) is 51.4 Å². The van der Waals surface area contributed by atoms with Crippen molar-refractivity contribution >= 4 is 5.91 Å². The Balaban J connectivity index is 1.50. The number of hydrogen-bond acceptors (Lipinski definition) is 4. The lowest BCUT2D eigenvalue weighted by atomic mass is 10.2. The maximum absolute atomic E-state index is 11.9. The molecule has 0 N–H and O–H groups in total. The van der Waals surface area contributed by atoms with Gasteiger partial charge in [-0.15, -0.1) is 0 Å². The third-order valence-electron chi connectivity index (χ3n) is 3.78. The zero-order valence-corrected chi connectivity index (χ0v) is 10.7. The van der Waals surface area contributed by atoms with Crippen molar-refractivity contribution in [3.8, 4) is 0 Å². The van der Waals surface area contributed by atoms with E-state index in [1.165, 1.54) is 0 Å². The smallest absolute Gasteiger partial charge is 0.225 e. The molecule has 1 aromatic rings. The molecule has 0 unspecified atom stereocenters. The predicted molar refractivity (Wildman–Crippen MR) is 65.6 cm³/mol. The van der Waals surface area contributed by atoms with Crippen molar-refractivity contribution in [3.63, 3.8) is 0 Å². The zero-order chi connectivity index (χ0) is 12.5. The van der Waals surface area contributed by atoms with Crippen molar-refractivity contribution in [1.82, 2.24) is 24.6 Å². The molecular weight excluding hydrogens is 230 g/mol. The van der Waals surface area contributed by atoms with Crippen LogP contribution in [0.2, 0.25) is 0 Å². The summed E-state index contributed by atoms with van der Waals surface area (Å²) >= 11 is 0. The Morgan fingerprint density at radius 2 is 2.06 bits per heavy atom. The minimum absolute atomic E-state index is 0.343. The molecule has 18 heavy (non-hydrogen) atoms. The summed E-state index contributed by atoms with van der Waals surface area (Å²) in [6, 6.07) is 0. The lowest BCUT2D eigenvalue weighted by Crippen LogP contribution is -2.49. The van der Waals surface area contributed by atoms with Crippen molar-refractivity contribution in [1.29, 1.82) is 0 Å². The van der Waals surface area contributed by atoms with Gasteiger partial charge in [0.1, 0.15) is 12.2 Å². The molecule has 0 spiro atoms. The first kappa shape index (κ1) is 11.6. The number of hydrogen-bond donors (Lipinski definition) is 0. The van der Waals surface area contributed by atoms with Gasteiger partial charge in [0.15, 0.2) is 0 Å². The van der Waals surface area contributed by atoms with Crippen LogP contribution < -0.4 is 0 Å². The molecule has 0 atom stereocenters. The van der Waals surface area contributed by atoms with Crippen molar-refractivity contribution in [2.24, 2.45) is 13.0 Å². The van der Waals surface area contributed by atoms with Gasteiger partial charge in [0.2, 0.25) is 5.91 Å². The predicted octanol–water partition coefficient (Wildman–Crippen LogP) is -0.131. The Morgan fingerprint density at radius 1 is 1.33 bits per heavy atom. The number of rotatable bonds is 3. The standard InChI is InChI=1S/C12H19N5O/c1-15-11(13-9-14-15)8-16-4-6-17(7-5-16)12(18)10-2-3-10/h9-10H,2-8H2,1H3.